The van der Waals surface area contributed by atoms with Crippen molar-refractivity contribution in [3.05, 3.63) is 76.9 Å². The summed E-state index contributed by atoms with van der Waals surface area (Å²) in [6.45, 7) is 7.96. The van der Waals surface area contributed by atoms with E-state index in [0.717, 1.165) is 35.7 Å². The van der Waals surface area contributed by atoms with Gasteiger partial charge in [0, 0.05) is 30.0 Å². The molecule has 1 saturated heterocycles. The standard InChI is InChI=1S/C22H23FN2O/c1-14-21(15(2)26-25-14)17-6-4-16(5-7-17)20-12-24-13-22(20,3)18-8-10-19(23)11-9-18/h4-11,20,24H,12-13H2,1-3H3/t20-,22+/m0/s1. The molecular weight excluding hydrogens is 327 g/mol. The third kappa shape index (κ3) is 2.74. The van der Waals surface area contributed by atoms with Crippen molar-refractivity contribution >= 4 is 0 Å². The zero-order valence-corrected chi connectivity index (χ0v) is 15.3. The van der Waals surface area contributed by atoms with Gasteiger partial charge in [-0.25, -0.2) is 4.39 Å². The Hall–Kier alpha value is -2.46. The van der Waals surface area contributed by atoms with Gasteiger partial charge in [-0.15, -0.1) is 0 Å². The first-order chi connectivity index (χ1) is 12.5. The summed E-state index contributed by atoms with van der Waals surface area (Å²) in [5.74, 6) is 0.990. The monoisotopic (exact) mass is 350 g/mol. The molecule has 2 aromatic carbocycles. The Bertz CT molecular complexity index is 895. The van der Waals surface area contributed by atoms with E-state index in [9.17, 15) is 4.39 Å². The zero-order chi connectivity index (χ0) is 18.3. The summed E-state index contributed by atoms with van der Waals surface area (Å²) in [7, 11) is 0. The Morgan fingerprint density at radius 2 is 1.77 bits per heavy atom. The Morgan fingerprint density at radius 1 is 1.08 bits per heavy atom. The van der Waals surface area contributed by atoms with Crippen molar-refractivity contribution in [3.8, 4) is 11.1 Å². The summed E-state index contributed by atoms with van der Waals surface area (Å²) < 4.78 is 18.6. The predicted octanol–water partition coefficient (Wildman–Crippen LogP) is 4.74. The van der Waals surface area contributed by atoms with Crippen molar-refractivity contribution in [2.45, 2.75) is 32.1 Å². The van der Waals surface area contributed by atoms with Crippen LogP contribution in [0, 0.1) is 19.7 Å². The number of halogens is 1. The number of nitrogens with zero attached hydrogens (tertiary/aromatic N) is 1. The highest BCUT2D eigenvalue weighted by atomic mass is 19.1. The van der Waals surface area contributed by atoms with E-state index in [-0.39, 0.29) is 11.2 Å². The lowest BCUT2D eigenvalue weighted by Crippen LogP contribution is -2.30. The summed E-state index contributed by atoms with van der Waals surface area (Å²) in [6.07, 6.45) is 0. The highest BCUT2D eigenvalue weighted by Crippen LogP contribution is 2.42. The average Bonchev–Trinajstić information content (AvgIpc) is 3.19. The second-order valence-corrected chi connectivity index (χ2v) is 7.43. The van der Waals surface area contributed by atoms with Gasteiger partial charge in [-0.2, -0.15) is 0 Å². The van der Waals surface area contributed by atoms with E-state index < -0.39 is 0 Å². The maximum absolute atomic E-state index is 13.3. The molecule has 0 unspecified atom stereocenters. The van der Waals surface area contributed by atoms with Crippen LogP contribution in [0.25, 0.3) is 11.1 Å². The molecule has 1 N–H and O–H groups in total. The molecule has 2 heterocycles. The van der Waals surface area contributed by atoms with Gasteiger partial charge in [-0.05, 0) is 42.7 Å². The summed E-state index contributed by atoms with van der Waals surface area (Å²) in [5, 5.41) is 7.56. The first-order valence-electron chi connectivity index (χ1n) is 8.99. The minimum atomic E-state index is -0.191. The van der Waals surface area contributed by atoms with Crippen molar-refractivity contribution in [2.24, 2.45) is 0 Å². The zero-order valence-electron chi connectivity index (χ0n) is 15.3. The summed E-state index contributed by atoms with van der Waals surface area (Å²) >= 11 is 0. The number of hydrogen-bond donors (Lipinski definition) is 1. The SMILES string of the molecule is Cc1noc(C)c1-c1ccc([C@@H]2CNC[C@]2(C)c2ccc(F)cc2)cc1. The van der Waals surface area contributed by atoms with Crippen LogP contribution in [0.3, 0.4) is 0 Å². The molecule has 26 heavy (non-hydrogen) atoms. The van der Waals surface area contributed by atoms with Crippen LogP contribution in [-0.4, -0.2) is 18.2 Å². The molecule has 1 aliphatic rings. The van der Waals surface area contributed by atoms with E-state index in [4.69, 9.17) is 4.52 Å². The summed E-state index contributed by atoms with van der Waals surface area (Å²) in [5.41, 5.74) is 5.51. The van der Waals surface area contributed by atoms with Crippen molar-refractivity contribution in [1.82, 2.24) is 10.5 Å². The molecule has 4 heteroatoms. The van der Waals surface area contributed by atoms with E-state index in [0.29, 0.717) is 5.92 Å². The van der Waals surface area contributed by atoms with Gasteiger partial charge in [0.25, 0.3) is 0 Å². The third-order valence-electron chi connectivity index (χ3n) is 5.75. The summed E-state index contributed by atoms with van der Waals surface area (Å²) in [4.78, 5) is 0. The molecule has 0 amide bonds. The second-order valence-electron chi connectivity index (χ2n) is 7.43. The molecule has 4 rings (SSSR count). The molecule has 3 nitrogen and oxygen atoms in total. The Balaban J connectivity index is 1.67. The van der Waals surface area contributed by atoms with Crippen LogP contribution >= 0.6 is 0 Å². The van der Waals surface area contributed by atoms with E-state index in [1.807, 2.05) is 26.0 Å². The van der Waals surface area contributed by atoms with Crippen molar-refractivity contribution in [3.63, 3.8) is 0 Å². The molecule has 1 fully saturated rings. The van der Waals surface area contributed by atoms with Crippen LogP contribution in [0.2, 0.25) is 0 Å². The number of hydrogen-bond acceptors (Lipinski definition) is 3. The van der Waals surface area contributed by atoms with Gasteiger partial charge in [0.1, 0.15) is 11.6 Å². The molecule has 1 aliphatic heterocycles. The molecule has 0 spiro atoms. The number of benzene rings is 2. The van der Waals surface area contributed by atoms with Gasteiger partial charge >= 0.3 is 0 Å². The largest absolute Gasteiger partial charge is 0.361 e. The Labute approximate surface area is 153 Å². The first-order valence-corrected chi connectivity index (χ1v) is 8.99. The molecule has 3 aromatic rings. The second kappa shape index (κ2) is 6.36. The van der Waals surface area contributed by atoms with E-state index in [2.05, 4.69) is 41.7 Å². The van der Waals surface area contributed by atoms with E-state index in [1.54, 1.807) is 12.1 Å². The lowest BCUT2D eigenvalue weighted by atomic mass is 9.71. The van der Waals surface area contributed by atoms with Crippen LogP contribution < -0.4 is 5.32 Å². The van der Waals surface area contributed by atoms with Crippen molar-refractivity contribution in [1.29, 1.82) is 0 Å². The lowest BCUT2D eigenvalue weighted by Gasteiger charge is -2.31. The fourth-order valence-electron chi connectivity index (χ4n) is 4.22. The van der Waals surface area contributed by atoms with Crippen LogP contribution in [0.5, 0.6) is 0 Å². The van der Waals surface area contributed by atoms with Gasteiger partial charge in [-0.1, -0.05) is 48.5 Å². The average molecular weight is 350 g/mol. The van der Waals surface area contributed by atoms with E-state index in [1.165, 1.54) is 11.1 Å². The van der Waals surface area contributed by atoms with Crippen LogP contribution in [0.15, 0.2) is 53.1 Å². The molecule has 0 aliphatic carbocycles. The quantitative estimate of drug-likeness (QED) is 0.741. The fourth-order valence-corrected chi connectivity index (χ4v) is 4.22. The van der Waals surface area contributed by atoms with Gasteiger partial charge in [0.05, 0.1) is 5.69 Å². The fraction of sp³-hybridized carbons (Fsp3) is 0.318. The number of aryl methyl sites for hydroxylation is 2. The number of aromatic nitrogens is 1. The smallest absolute Gasteiger partial charge is 0.141 e. The first kappa shape index (κ1) is 17.0. The van der Waals surface area contributed by atoms with Gasteiger partial charge in [0.2, 0.25) is 0 Å². The van der Waals surface area contributed by atoms with Gasteiger partial charge in [0.15, 0.2) is 0 Å². The van der Waals surface area contributed by atoms with Gasteiger partial charge in [-0.3, -0.25) is 0 Å². The molecule has 0 radical (unpaired) electrons. The molecular formula is C22H23FN2O. The minimum absolute atomic E-state index is 0.0573. The molecule has 0 saturated carbocycles. The normalized spacial score (nSPS) is 22.7. The van der Waals surface area contributed by atoms with Crippen LogP contribution in [0.1, 0.15) is 35.4 Å². The van der Waals surface area contributed by atoms with Crippen molar-refractivity contribution in [2.75, 3.05) is 13.1 Å². The van der Waals surface area contributed by atoms with Crippen molar-refractivity contribution < 1.29 is 8.91 Å². The third-order valence-corrected chi connectivity index (χ3v) is 5.75. The number of nitrogens with one attached hydrogen (secondary N) is 1. The van der Waals surface area contributed by atoms with Crippen LogP contribution in [0.4, 0.5) is 4.39 Å². The highest BCUT2D eigenvalue weighted by molar-refractivity contribution is 5.67. The van der Waals surface area contributed by atoms with Gasteiger partial charge < -0.3 is 9.84 Å². The topological polar surface area (TPSA) is 38.1 Å². The molecule has 0 bridgehead atoms. The van der Waals surface area contributed by atoms with Crippen LogP contribution in [-0.2, 0) is 5.41 Å². The lowest BCUT2D eigenvalue weighted by molar-refractivity contribution is 0.393. The Kier molecular flexibility index (Phi) is 4.16. The molecule has 134 valence electrons. The molecule has 1 aromatic heterocycles. The minimum Gasteiger partial charge on any atom is -0.361 e. The maximum Gasteiger partial charge on any atom is 0.141 e. The predicted molar refractivity (Wildman–Crippen MR) is 101 cm³/mol. The number of rotatable bonds is 3. The van der Waals surface area contributed by atoms with E-state index >= 15 is 0 Å². The molecule has 2 atom stereocenters. The Morgan fingerprint density at radius 3 is 2.38 bits per heavy atom. The summed E-state index contributed by atoms with van der Waals surface area (Å²) in [6, 6.07) is 15.6. The maximum atomic E-state index is 13.3. The highest BCUT2D eigenvalue weighted by Gasteiger charge is 2.41.